The highest BCUT2D eigenvalue weighted by molar-refractivity contribution is 5.37. The lowest BCUT2D eigenvalue weighted by molar-refractivity contribution is 0.296. The van der Waals surface area contributed by atoms with E-state index in [4.69, 9.17) is 15.2 Å². The van der Waals surface area contributed by atoms with Crippen molar-refractivity contribution in [2.45, 2.75) is 25.7 Å². The van der Waals surface area contributed by atoms with Gasteiger partial charge in [0, 0.05) is 11.5 Å². The molecule has 0 aromatic heterocycles. The third kappa shape index (κ3) is 4.70. The molecule has 1 unspecified atom stereocenters. The van der Waals surface area contributed by atoms with Crippen LogP contribution in [-0.4, -0.2) is 20.3 Å². The summed E-state index contributed by atoms with van der Waals surface area (Å²) in [6.07, 6.45) is 1.68. The molecule has 0 aliphatic carbocycles. The average molecular weight is 317 g/mol. The zero-order chi connectivity index (χ0) is 16.7. The van der Waals surface area contributed by atoms with E-state index in [0.717, 1.165) is 17.7 Å². The Balaban J connectivity index is 2.01. The van der Waals surface area contributed by atoms with Crippen LogP contribution in [0.15, 0.2) is 42.5 Å². The molecule has 3 nitrogen and oxygen atoms in total. The number of benzene rings is 2. The van der Waals surface area contributed by atoms with E-state index in [1.807, 2.05) is 18.2 Å². The second kappa shape index (κ2) is 8.53. The second-order valence-electron chi connectivity index (χ2n) is 5.46. The first-order valence-corrected chi connectivity index (χ1v) is 7.93. The molecular weight excluding hydrogens is 293 g/mol. The second-order valence-corrected chi connectivity index (χ2v) is 5.46. The number of aryl methyl sites for hydroxylation is 1. The van der Waals surface area contributed by atoms with Gasteiger partial charge in [-0.3, -0.25) is 0 Å². The number of hydrogen-bond acceptors (Lipinski definition) is 3. The SMILES string of the molecule is CCc1cccc(OCCC(CN)c2cc(F)ccc2OC)c1. The van der Waals surface area contributed by atoms with Crippen molar-refractivity contribution >= 4 is 0 Å². The summed E-state index contributed by atoms with van der Waals surface area (Å²) in [4.78, 5) is 0. The molecule has 0 aliphatic rings. The highest BCUT2D eigenvalue weighted by Crippen LogP contribution is 2.29. The molecule has 2 aromatic carbocycles. The van der Waals surface area contributed by atoms with Gasteiger partial charge in [-0.1, -0.05) is 19.1 Å². The van der Waals surface area contributed by atoms with Crippen LogP contribution in [0, 0.1) is 5.82 Å². The first-order chi connectivity index (χ1) is 11.2. The lowest BCUT2D eigenvalue weighted by atomic mass is 9.95. The summed E-state index contributed by atoms with van der Waals surface area (Å²) < 4.78 is 24.7. The Morgan fingerprint density at radius 1 is 1.17 bits per heavy atom. The van der Waals surface area contributed by atoms with Crippen LogP contribution in [-0.2, 0) is 6.42 Å². The van der Waals surface area contributed by atoms with Crippen molar-refractivity contribution in [3.63, 3.8) is 0 Å². The first kappa shape index (κ1) is 17.3. The van der Waals surface area contributed by atoms with E-state index in [0.29, 0.717) is 25.3 Å². The van der Waals surface area contributed by atoms with Gasteiger partial charge in [0.25, 0.3) is 0 Å². The van der Waals surface area contributed by atoms with E-state index in [-0.39, 0.29) is 11.7 Å². The van der Waals surface area contributed by atoms with Gasteiger partial charge < -0.3 is 15.2 Å². The number of hydrogen-bond donors (Lipinski definition) is 1. The van der Waals surface area contributed by atoms with Crippen molar-refractivity contribution in [2.75, 3.05) is 20.3 Å². The van der Waals surface area contributed by atoms with Crippen molar-refractivity contribution in [2.24, 2.45) is 5.73 Å². The van der Waals surface area contributed by atoms with Crippen LogP contribution < -0.4 is 15.2 Å². The van der Waals surface area contributed by atoms with Gasteiger partial charge in [0.15, 0.2) is 0 Å². The van der Waals surface area contributed by atoms with Gasteiger partial charge in [-0.15, -0.1) is 0 Å². The van der Waals surface area contributed by atoms with Crippen LogP contribution in [0.1, 0.15) is 30.4 Å². The van der Waals surface area contributed by atoms with Gasteiger partial charge in [-0.25, -0.2) is 4.39 Å². The molecule has 0 fully saturated rings. The monoisotopic (exact) mass is 317 g/mol. The number of rotatable bonds is 8. The summed E-state index contributed by atoms with van der Waals surface area (Å²) in [5.74, 6) is 1.23. The number of ether oxygens (including phenoxy) is 2. The van der Waals surface area contributed by atoms with E-state index < -0.39 is 0 Å². The van der Waals surface area contributed by atoms with Gasteiger partial charge in [-0.2, -0.15) is 0 Å². The van der Waals surface area contributed by atoms with Crippen LogP contribution in [0.3, 0.4) is 0 Å². The Bertz CT molecular complexity index is 631. The van der Waals surface area contributed by atoms with Gasteiger partial charge in [0.05, 0.1) is 13.7 Å². The standard InChI is InChI=1S/C19H24FNO2/c1-3-14-5-4-6-17(11-14)23-10-9-15(13-21)18-12-16(20)7-8-19(18)22-2/h4-8,11-12,15H,3,9-10,13,21H2,1-2H3. The highest BCUT2D eigenvalue weighted by atomic mass is 19.1. The quantitative estimate of drug-likeness (QED) is 0.803. The van der Waals surface area contributed by atoms with Crippen molar-refractivity contribution in [1.29, 1.82) is 0 Å². The molecule has 1 atom stereocenters. The summed E-state index contributed by atoms with van der Waals surface area (Å²) in [6.45, 7) is 3.05. The molecule has 0 heterocycles. The predicted molar refractivity (Wildman–Crippen MR) is 90.7 cm³/mol. The highest BCUT2D eigenvalue weighted by Gasteiger charge is 2.16. The molecule has 0 radical (unpaired) electrons. The summed E-state index contributed by atoms with van der Waals surface area (Å²) >= 11 is 0. The summed E-state index contributed by atoms with van der Waals surface area (Å²) in [7, 11) is 1.58. The first-order valence-electron chi connectivity index (χ1n) is 7.93. The minimum Gasteiger partial charge on any atom is -0.496 e. The van der Waals surface area contributed by atoms with Crippen molar-refractivity contribution in [1.82, 2.24) is 0 Å². The maximum atomic E-state index is 13.5. The van der Waals surface area contributed by atoms with Crippen LogP contribution in [0.25, 0.3) is 0 Å². The van der Waals surface area contributed by atoms with Gasteiger partial charge in [0.1, 0.15) is 17.3 Å². The average Bonchev–Trinajstić information content (AvgIpc) is 2.59. The molecule has 23 heavy (non-hydrogen) atoms. The minimum atomic E-state index is -0.282. The molecule has 0 saturated carbocycles. The maximum absolute atomic E-state index is 13.5. The topological polar surface area (TPSA) is 44.5 Å². The fourth-order valence-corrected chi connectivity index (χ4v) is 2.60. The minimum absolute atomic E-state index is 0.00462. The van der Waals surface area contributed by atoms with Crippen molar-refractivity contribution in [3.05, 3.63) is 59.4 Å². The lowest BCUT2D eigenvalue weighted by Crippen LogP contribution is -2.16. The fourth-order valence-electron chi connectivity index (χ4n) is 2.60. The largest absolute Gasteiger partial charge is 0.496 e. The molecule has 2 N–H and O–H groups in total. The van der Waals surface area contributed by atoms with E-state index in [1.54, 1.807) is 13.2 Å². The van der Waals surface area contributed by atoms with Crippen LogP contribution >= 0.6 is 0 Å². The van der Waals surface area contributed by atoms with E-state index in [1.165, 1.54) is 17.7 Å². The molecule has 0 saturated heterocycles. The number of nitrogens with two attached hydrogens (primary N) is 1. The Morgan fingerprint density at radius 3 is 2.70 bits per heavy atom. The van der Waals surface area contributed by atoms with E-state index >= 15 is 0 Å². The molecule has 2 rings (SSSR count). The Labute approximate surface area is 137 Å². The smallest absolute Gasteiger partial charge is 0.123 e. The van der Waals surface area contributed by atoms with E-state index in [2.05, 4.69) is 13.0 Å². The predicted octanol–water partition coefficient (Wildman–Crippen LogP) is 3.91. The van der Waals surface area contributed by atoms with Crippen LogP contribution in [0.5, 0.6) is 11.5 Å². The summed E-state index contributed by atoms with van der Waals surface area (Å²) in [6, 6.07) is 12.6. The lowest BCUT2D eigenvalue weighted by Gasteiger charge is -2.18. The number of methoxy groups -OCH3 is 1. The molecular formula is C19H24FNO2. The molecule has 4 heteroatoms. The molecule has 2 aromatic rings. The maximum Gasteiger partial charge on any atom is 0.123 e. The summed E-state index contributed by atoms with van der Waals surface area (Å²) in [5.41, 5.74) is 7.90. The van der Waals surface area contributed by atoms with Crippen molar-refractivity contribution < 1.29 is 13.9 Å². The zero-order valence-corrected chi connectivity index (χ0v) is 13.7. The Hall–Kier alpha value is -2.07. The Kier molecular flexibility index (Phi) is 6.41. The van der Waals surface area contributed by atoms with Crippen LogP contribution in [0.2, 0.25) is 0 Å². The van der Waals surface area contributed by atoms with Crippen molar-refractivity contribution in [3.8, 4) is 11.5 Å². The number of halogens is 1. The summed E-state index contributed by atoms with van der Waals surface area (Å²) in [5, 5.41) is 0. The Morgan fingerprint density at radius 2 is 2.00 bits per heavy atom. The normalized spacial score (nSPS) is 12.0. The van der Waals surface area contributed by atoms with Gasteiger partial charge in [-0.05, 0) is 55.3 Å². The fraction of sp³-hybridized carbons (Fsp3) is 0.368. The molecule has 0 spiro atoms. The van der Waals surface area contributed by atoms with Gasteiger partial charge in [0.2, 0.25) is 0 Å². The third-order valence-electron chi connectivity index (χ3n) is 3.96. The molecule has 0 bridgehead atoms. The third-order valence-corrected chi connectivity index (χ3v) is 3.96. The zero-order valence-electron chi connectivity index (χ0n) is 13.7. The van der Waals surface area contributed by atoms with E-state index in [9.17, 15) is 4.39 Å². The van der Waals surface area contributed by atoms with Crippen LogP contribution in [0.4, 0.5) is 4.39 Å². The molecule has 124 valence electrons. The molecule has 0 amide bonds. The van der Waals surface area contributed by atoms with Gasteiger partial charge >= 0.3 is 0 Å². The molecule has 0 aliphatic heterocycles.